The van der Waals surface area contributed by atoms with Gasteiger partial charge in [0.1, 0.15) is 0 Å². The van der Waals surface area contributed by atoms with E-state index in [1.54, 1.807) is 30.3 Å². The van der Waals surface area contributed by atoms with Gasteiger partial charge in [-0.05, 0) is 42.5 Å². The van der Waals surface area contributed by atoms with Crippen LogP contribution in [0.4, 0.5) is 11.4 Å². The van der Waals surface area contributed by atoms with Crippen molar-refractivity contribution in [1.29, 1.82) is 0 Å². The summed E-state index contributed by atoms with van der Waals surface area (Å²) in [7, 11) is 0. The molecule has 0 aliphatic rings. The second-order valence-electron chi connectivity index (χ2n) is 3.42. The maximum Gasteiger partial charge on any atom is 0.0569 e. The van der Waals surface area contributed by atoms with Crippen LogP contribution in [0.2, 0.25) is 15.1 Å². The summed E-state index contributed by atoms with van der Waals surface area (Å²) in [5.41, 5.74) is 7.70. The molecule has 0 saturated carbocycles. The summed E-state index contributed by atoms with van der Waals surface area (Å²) in [4.78, 5) is 0. The summed E-state index contributed by atoms with van der Waals surface area (Å²) < 4.78 is 0. The predicted octanol–water partition coefficient (Wildman–Crippen LogP) is 5.09. The lowest BCUT2D eigenvalue weighted by molar-refractivity contribution is 1.41. The first-order valence-electron chi connectivity index (χ1n) is 4.87. The van der Waals surface area contributed by atoms with Crippen LogP contribution in [0.15, 0.2) is 42.5 Å². The SMILES string of the molecule is Clc1ccc(NNc2cc(Cl)cc(Cl)c2)cc1. The number of nitrogens with one attached hydrogen (secondary N) is 2. The molecule has 0 aliphatic heterocycles. The van der Waals surface area contributed by atoms with Gasteiger partial charge in [-0.3, -0.25) is 0 Å². The van der Waals surface area contributed by atoms with Gasteiger partial charge in [0, 0.05) is 15.1 Å². The zero-order valence-electron chi connectivity index (χ0n) is 8.68. The summed E-state index contributed by atoms with van der Waals surface area (Å²) >= 11 is 17.6. The quantitative estimate of drug-likeness (QED) is 0.769. The molecule has 2 aromatic carbocycles. The Morgan fingerprint density at radius 1 is 0.588 bits per heavy atom. The number of anilines is 2. The zero-order valence-corrected chi connectivity index (χ0v) is 10.9. The molecule has 0 saturated heterocycles. The average molecular weight is 288 g/mol. The van der Waals surface area contributed by atoms with E-state index in [1.807, 2.05) is 12.1 Å². The molecule has 0 heterocycles. The minimum atomic E-state index is 0.581. The zero-order chi connectivity index (χ0) is 12.3. The molecule has 0 amide bonds. The fourth-order valence-electron chi connectivity index (χ4n) is 1.30. The highest BCUT2D eigenvalue weighted by Crippen LogP contribution is 2.22. The Hall–Kier alpha value is -1.09. The number of hydrazine groups is 1. The largest absolute Gasteiger partial charge is 0.301 e. The topological polar surface area (TPSA) is 24.1 Å². The molecule has 5 heteroatoms. The summed E-state index contributed by atoms with van der Waals surface area (Å²) in [5, 5.41) is 1.86. The van der Waals surface area contributed by atoms with Crippen LogP contribution in [-0.4, -0.2) is 0 Å². The minimum Gasteiger partial charge on any atom is -0.301 e. The molecule has 17 heavy (non-hydrogen) atoms. The van der Waals surface area contributed by atoms with Crippen molar-refractivity contribution in [3.63, 3.8) is 0 Å². The maximum absolute atomic E-state index is 5.88. The van der Waals surface area contributed by atoms with Crippen molar-refractivity contribution in [2.75, 3.05) is 10.9 Å². The third-order valence-electron chi connectivity index (χ3n) is 2.06. The Balaban J connectivity index is 2.04. The van der Waals surface area contributed by atoms with Crippen LogP contribution in [0, 0.1) is 0 Å². The number of halogens is 3. The Bertz CT molecular complexity index is 491. The molecule has 0 radical (unpaired) electrons. The predicted molar refractivity (Wildman–Crippen MR) is 75.2 cm³/mol. The smallest absolute Gasteiger partial charge is 0.0569 e. The van der Waals surface area contributed by atoms with Gasteiger partial charge < -0.3 is 10.9 Å². The standard InChI is InChI=1S/C12H9Cl3N2/c13-8-1-3-11(4-2-8)16-17-12-6-9(14)5-10(15)7-12/h1-7,16-17H. The van der Waals surface area contributed by atoms with E-state index in [-0.39, 0.29) is 0 Å². The monoisotopic (exact) mass is 286 g/mol. The molecule has 2 rings (SSSR count). The normalized spacial score (nSPS) is 10.1. The molecule has 2 aromatic rings. The minimum absolute atomic E-state index is 0.581. The van der Waals surface area contributed by atoms with Crippen molar-refractivity contribution in [2.24, 2.45) is 0 Å². The lowest BCUT2D eigenvalue weighted by Gasteiger charge is -2.10. The van der Waals surface area contributed by atoms with E-state index in [2.05, 4.69) is 10.9 Å². The molecule has 2 nitrogen and oxygen atoms in total. The first-order chi connectivity index (χ1) is 8.13. The number of benzene rings is 2. The summed E-state index contributed by atoms with van der Waals surface area (Å²) in [6.45, 7) is 0. The molecule has 0 atom stereocenters. The highest BCUT2D eigenvalue weighted by molar-refractivity contribution is 6.35. The Kier molecular flexibility index (Phi) is 4.00. The molecule has 0 bridgehead atoms. The van der Waals surface area contributed by atoms with Crippen LogP contribution in [0.25, 0.3) is 0 Å². The van der Waals surface area contributed by atoms with E-state index in [0.29, 0.717) is 15.1 Å². The van der Waals surface area contributed by atoms with E-state index >= 15 is 0 Å². The second kappa shape index (κ2) is 5.50. The van der Waals surface area contributed by atoms with Crippen LogP contribution in [0.1, 0.15) is 0 Å². The summed E-state index contributed by atoms with van der Waals surface area (Å²) in [5.74, 6) is 0. The van der Waals surface area contributed by atoms with Gasteiger partial charge in [0.25, 0.3) is 0 Å². The lowest BCUT2D eigenvalue weighted by Crippen LogP contribution is -2.08. The van der Waals surface area contributed by atoms with Gasteiger partial charge in [0.15, 0.2) is 0 Å². The molecule has 0 aromatic heterocycles. The van der Waals surface area contributed by atoms with E-state index in [9.17, 15) is 0 Å². The molecule has 2 N–H and O–H groups in total. The van der Waals surface area contributed by atoms with Gasteiger partial charge in [-0.25, -0.2) is 0 Å². The van der Waals surface area contributed by atoms with Gasteiger partial charge >= 0.3 is 0 Å². The van der Waals surface area contributed by atoms with Crippen molar-refractivity contribution in [2.45, 2.75) is 0 Å². The summed E-state index contributed by atoms with van der Waals surface area (Å²) in [6.07, 6.45) is 0. The second-order valence-corrected chi connectivity index (χ2v) is 4.72. The van der Waals surface area contributed by atoms with E-state index in [0.717, 1.165) is 11.4 Å². The first-order valence-corrected chi connectivity index (χ1v) is 6.00. The third kappa shape index (κ3) is 3.70. The lowest BCUT2D eigenvalue weighted by atomic mass is 10.3. The average Bonchev–Trinajstić information content (AvgIpc) is 2.27. The molecular formula is C12H9Cl3N2. The van der Waals surface area contributed by atoms with Crippen LogP contribution in [0.3, 0.4) is 0 Å². The Morgan fingerprint density at radius 3 is 1.71 bits per heavy atom. The molecule has 0 spiro atoms. The molecule has 0 fully saturated rings. The molecule has 88 valence electrons. The van der Waals surface area contributed by atoms with Gasteiger partial charge in [0.05, 0.1) is 11.4 Å². The van der Waals surface area contributed by atoms with Gasteiger partial charge in [-0.2, -0.15) is 0 Å². The van der Waals surface area contributed by atoms with Crippen LogP contribution in [-0.2, 0) is 0 Å². The number of rotatable bonds is 3. The van der Waals surface area contributed by atoms with Crippen LogP contribution >= 0.6 is 34.8 Å². The van der Waals surface area contributed by atoms with E-state index in [4.69, 9.17) is 34.8 Å². The van der Waals surface area contributed by atoms with Crippen molar-refractivity contribution in [3.05, 3.63) is 57.5 Å². The molecular weight excluding hydrogens is 279 g/mol. The van der Waals surface area contributed by atoms with Crippen LogP contribution < -0.4 is 10.9 Å². The fraction of sp³-hybridized carbons (Fsp3) is 0. The number of hydrogen-bond donors (Lipinski definition) is 2. The van der Waals surface area contributed by atoms with Crippen molar-refractivity contribution < 1.29 is 0 Å². The highest BCUT2D eigenvalue weighted by Gasteiger charge is 1.97. The third-order valence-corrected chi connectivity index (χ3v) is 2.75. The van der Waals surface area contributed by atoms with Crippen molar-refractivity contribution >= 4 is 46.2 Å². The summed E-state index contributed by atoms with van der Waals surface area (Å²) in [6, 6.07) is 12.6. The first kappa shape index (κ1) is 12.4. The molecule has 0 aliphatic carbocycles. The molecule has 0 unspecified atom stereocenters. The van der Waals surface area contributed by atoms with Crippen LogP contribution in [0.5, 0.6) is 0 Å². The van der Waals surface area contributed by atoms with Crippen molar-refractivity contribution in [1.82, 2.24) is 0 Å². The van der Waals surface area contributed by atoms with E-state index < -0.39 is 0 Å². The van der Waals surface area contributed by atoms with Crippen molar-refractivity contribution in [3.8, 4) is 0 Å². The Morgan fingerprint density at radius 2 is 1.12 bits per heavy atom. The van der Waals surface area contributed by atoms with Gasteiger partial charge in [0.2, 0.25) is 0 Å². The maximum atomic E-state index is 5.88. The number of hydrogen-bond acceptors (Lipinski definition) is 2. The van der Waals surface area contributed by atoms with Gasteiger partial charge in [-0.15, -0.1) is 0 Å². The van der Waals surface area contributed by atoms with Gasteiger partial charge in [-0.1, -0.05) is 34.8 Å². The van der Waals surface area contributed by atoms with E-state index in [1.165, 1.54) is 0 Å². The highest BCUT2D eigenvalue weighted by atomic mass is 35.5. The Labute approximate surface area is 114 Å². The fourth-order valence-corrected chi connectivity index (χ4v) is 1.96.